The van der Waals surface area contributed by atoms with Crippen LogP contribution in [0.1, 0.15) is 22.9 Å². The van der Waals surface area contributed by atoms with Crippen LogP contribution in [0.4, 0.5) is 10.1 Å². The second-order valence-corrected chi connectivity index (χ2v) is 6.83. The smallest absolute Gasteiger partial charge is 0.296 e. The molecule has 2 heterocycles. The highest BCUT2D eigenvalue weighted by atomic mass is 19.1. The van der Waals surface area contributed by atoms with Crippen LogP contribution >= 0.6 is 0 Å². The summed E-state index contributed by atoms with van der Waals surface area (Å²) in [5, 5.41) is 21.7. The average molecular weight is 422 g/mol. The molecular formula is C22H15FN2O6. The van der Waals surface area contributed by atoms with Gasteiger partial charge in [-0.2, -0.15) is 0 Å². The number of likely N-dealkylation sites (tertiary alicyclic amines) is 1. The molecule has 0 saturated carbocycles. The summed E-state index contributed by atoms with van der Waals surface area (Å²) in [6, 6.07) is 12.5. The van der Waals surface area contributed by atoms with Crippen LogP contribution in [0.15, 0.2) is 76.9 Å². The van der Waals surface area contributed by atoms with Gasteiger partial charge in [0.2, 0.25) is 0 Å². The monoisotopic (exact) mass is 422 g/mol. The van der Waals surface area contributed by atoms with E-state index < -0.39 is 34.2 Å². The minimum absolute atomic E-state index is 0.0247. The zero-order chi connectivity index (χ0) is 22.1. The summed E-state index contributed by atoms with van der Waals surface area (Å²) in [4.78, 5) is 37.0. The van der Waals surface area contributed by atoms with Gasteiger partial charge in [-0.15, -0.1) is 0 Å². The number of nitrogens with zero attached hydrogens (tertiary/aromatic N) is 2. The molecule has 1 fully saturated rings. The van der Waals surface area contributed by atoms with E-state index in [0.29, 0.717) is 5.76 Å². The van der Waals surface area contributed by atoms with Gasteiger partial charge in [-0.1, -0.05) is 18.2 Å². The van der Waals surface area contributed by atoms with Gasteiger partial charge in [-0.05, 0) is 30.3 Å². The third-order valence-electron chi connectivity index (χ3n) is 5.00. The van der Waals surface area contributed by atoms with Gasteiger partial charge in [-0.3, -0.25) is 19.7 Å². The van der Waals surface area contributed by atoms with E-state index >= 15 is 0 Å². The average Bonchev–Trinajstić information content (AvgIpc) is 3.36. The van der Waals surface area contributed by atoms with Crippen molar-refractivity contribution in [3.63, 3.8) is 0 Å². The van der Waals surface area contributed by atoms with Crippen LogP contribution in [0.5, 0.6) is 0 Å². The number of carbonyl (C=O) groups excluding carboxylic acids is 2. The van der Waals surface area contributed by atoms with Crippen LogP contribution < -0.4 is 0 Å². The van der Waals surface area contributed by atoms with Crippen molar-refractivity contribution in [2.24, 2.45) is 0 Å². The number of amides is 1. The summed E-state index contributed by atoms with van der Waals surface area (Å²) < 4.78 is 19.9. The second-order valence-electron chi connectivity index (χ2n) is 6.83. The molecule has 4 rings (SSSR count). The summed E-state index contributed by atoms with van der Waals surface area (Å²) in [6.07, 6.45) is 1.40. The van der Waals surface area contributed by atoms with Crippen LogP contribution in [-0.4, -0.2) is 26.6 Å². The van der Waals surface area contributed by atoms with E-state index in [1.165, 1.54) is 36.6 Å². The van der Waals surface area contributed by atoms with Crippen LogP contribution in [0, 0.1) is 15.9 Å². The fourth-order valence-corrected chi connectivity index (χ4v) is 3.53. The zero-order valence-corrected chi connectivity index (χ0v) is 15.9. The number of non-ortho nitro benzene ring substituents is 1. The number of Topliss-reactive ketones (excluding diaryl/α,β-unsaturated/α-hetero) is 1. The molecule has 1 aliphatic rings. The molecule has 9 heteroatoms. The van der Waals surface area contributed by atoms with Crippen LogP contribution in [-0.2, 0) is 16.1 Å². The number of carbonyl (C=O) groups is 2. The number of nitro benzene ring substituents is 1. The molecule has 0 bridgehead atoms. The van der Waals surface area contributed by atoms with E-state index in [1.54, 1.807) is 18.2 Å². The Hall–Kier alpha value is -4.27. The van der Waals surface area contributed by atoms with Crippen LogP contribution in [0.25, 0.3) is 5.76 Å². The SMILES string of the molecule is O=C1C(=O)N(Cc2ccco2)C(c2ccccc2F)/C1=C(\O)c1ccc([N+](=O)[O-])cc1. The summed E-state index contributed by atoms with van der Waals surface area (Å²) in [5.41, 5.74) is -0.407. The number of hydrogen-bond acceptors (Lipinski definition) is 6. The molecule has 0 aliphatic carbocycles. The third-order valence-corrected chi connectivity index (χ3v) is 5.00. The van der Waals surface area contributed by atoms with Crippen molar-refractivity contribution in [2.45, 2.75) is 12.6 Å². The quantitative estimate of drug-likeness (QED) is 0.219. The van der Waals surface area contributed by atoms with Crippen molar-refractivity contribution >= 4 is 23.1 Å². The highest BCUT2D eigenvalue weighted by Gasteiger charge is 2.47. The molecule has 1 aliphatic heterocycles. The molecule has 8 nitrogen and oxygen atoms in total. The Bertz CT molecular complexity index is 1200. The Morgan fingerprint density at radius 2 is 1.81 bits per heavy atom. The van der Waals surface area contributed by atoms with E-state index in [0.717, 1.165) is 17.0 Å². The minimum Gasteiger partial charge on any atom is -0.507 e. The Kier molecular flexibility index (Phi) is 5.08. The topological polar surface area (TPSA) is 114 Å². The number of furan rings is 1. The van der Waals surface area contributed by atoms with Crippen molar-refractivity contribution < 1.29 is 28.4 Å². The lowest BCUT2D eigenvalue weighted by Gasteiger charge is -2.24. The molecule has 156 valence electrons. The molecule has 0 radical (unpaired) electrons. The first-order valence-electron chi connectivity index (χ1n) is 9.18. The minimum atomic E-state index is -1.21. The predicted molar refractivity (Wildman–Crippen MR) is 106 cm³/mol. The molecule has 1 aromatic heterocycles. The number of aliphatic hydroxyl groups excluding tert-OH is 1. The van der Waals surface area contributed by atoms with E-state index in [4.69, 9.17) is 4.42 Å². The van der Waals surface area contributed by atoms with Crippen molar-refractivity contribution in [1.29, 1.82) is 0 Å². The first-order chi connectivity index (χ1) is 14.9. The van der Waals surface area contributed by atoms with Gasteiger partial charge in [0.15, 0.2) is 0 Å². The van der Waals surface area contributed by atoms with Gasteiger partial charge in [0.25, 0.3) is 17.4 Å². The summed E-state index contributed by atoms with van der Waals surface area (Å²) >= 11 is 0. The molecule has 0 spiro atoms. The molecule has 3 aromatic rings. The molecule has 1 atom stereocenters. The third kappa shape index (κ3) is 3.57. The first-order valence-corrected chi connectivity index (χ1v) is 9.18. The largest absolute Gasteiger partial charge is 0.507 e. The number of hydrogen-bond donors (Lipinski definition) is 1. The summed E-state index contributed by atoms with van der Waals surface area (Å²) in [5.74, 6) is -2.75. The van der Waals surface area contributed by atoms with Crippen molar-refractivity contribution in [2.75, 3.05) is 0 Å². The Balaban J connectivity index is 1.86. The van der Waals surface area contributed by atoms with Crippen molar-refractivity contribution in [3.8, 4) is 0 Å². The van der Waals surface area contributed by atoms with Gasteiger partial charge >= 0.3 is 0 Å². The van der Waals surface area contributed by atoms with E-state index in [2.05, 4.69) is 0 Å². The molecule has 1 unspecified atom stereocenters. The highest BCUT2D eigenvalue weighted by molar-refractivity contribution is 6.46. The molecule has 1 amide bonds. The lowest BCUT2D eigenvalue weighted by Crippen LogP contribution is -2.29. The maximum absolute atomic E-state index is 14.7. The van der Waals surface area contributed by atoms with Gasteiger partial charge in [-0.25, -0.2) is 4.39 Å². The maximum Gasteiger partial charge on any atom is 0.296 e. The summed E-state index contributed by atoms with van der Waals surface area (Å²) in [7, 11) is 0. The Labute approximate surface area is 175 Å². The lowest BCUT2D eigenvalue weighted by atomic mass is 9.95. The lowest BCUT2D eigenvalue weighted by molar-refractivity contribution is -0.384. The fourth-order valence-electron chi connectivity index (χ4n) is 3.53. The first kappa shape index (κ1) is 20.0. The van der Waals surface area contributed by atoms with E-state index in [-0.39, 0.29) is 28.9 Å². The number of nitro groups is 1. The van der Waals surface area contributed by atoms with Gasteiger partial charge in [0, 0.05) is 23.3 Å². The highest BCUT2D eigenvalue weighted by Crippen LogP contribution is 2.41. The Morgan fingerprint density at radius 1 is 1.10 bits per heavy atom. The van der Waals surface area contributed by atoms with Crippen molar-refractivity contribution in [1.82, 2.24) is 4.90 Å². The molecule has 1 saturated heterocycles. The number of halogens is 1. The number of benzene rings is 2. The second kappa shape index (κ2) is 7.86. The van der Waals surface area contributed by atoms with E-state index in [1.807, 2.05) is 0 Å². The molecule has 2 aromatic carbocycles. The fraction of sp³-hybridized carbons (Fsp3) is 0.0909. The Morgan fingerprint density at radius 3 is 2.42 bits per heavy atom. The normalized spacial score (nSPS) is 17.8. The number of rotatable bonds is 5. The zero-order valence-electron chi connectivity index (χ0n) is 15.9. The predicted octanol–water partition coefficient (Wildman–Crippen LogP) is 3.95. The van der Waals surface area contributed by atoms with Crippen LogP contribution in [0.2, 0.25) is 0 Å². The van der Waals surface area contributed by atoms with Crippen LogP contribution in [0.3, 0.4) is 0 Å². The van der Waals surface area contributed by atoms with E-state index in [9.17, 15) is 29.2 Å². The molecule has 31 heavy (non-hydrogen) atoms. The number of ketones is 1. The van der Waals surface area contributed by atoms with Gasteiger partial charge in [0.1, 0.15) is 17.3 Å². The standard InChI is InChI=1S/C22H15FN2O6/c23-17-6-2-1-5-16(17)19-18(20(26)13-7-9-14(10-8-13)25(29)30)21(27)22(28)24(19)12-15-4-3-11-31-15/h1-11,19,26H,12H2/b20-18+. The summed E-state index contributed by atoms with van der Waals surface area (Å²) in [6.45, 7) is -0.117. The van der Waals surface area contributed by atoms with Gasteiger partial charge in [0.05, 0.1) is 29.3 Å². The van der Waals surface area contributed by atoms with Crippen molar-refractivity contribution in [3.05, 3.63) is 105 Å². The maximum atomic E-state index is 14.7. The molecule has 1 N–H and O–H groups in total. The molecular weight excluding hydrogens is 407 g/mol. The number of aliphatic hydroxyl groups is 1. The van der Waals surface area contributed by atoms with Gasteiger partial charge < -0.3 is 14.4 Å².